The van der Waals surface area contributed by atoms with Gasteiger partial charge in [0.2, 0.25) is 0 Å². The first kappa shape index (κ1) is 37.9. The van der Waals surface area contributed by atoms with Gasteiger partial charge in [0, 0.05) is 0 Å². The van der Waals surface area contributed by atoms with Crippen LogP contribution in [0.1, 0.15) is 60.3 Å². The minimum Gasteiger partial charge on any atom is -0.343 e. The molecule has 0 spiro atoms. The third-order valence-corrected chi connectivity index (χ3v) is 5.71. The molecule has 2 nitrogen and oxygen atoms in total. The molecule has 0 aliphatic carbocycles. The second kappa shape index (κ2) is 22.5. The number of nitrogens with one attached hydrogen (secondary N) is 1. The predicted octanol–water partition coefficient (Wildman–Crippen LogP) is 4.24. The van der Waals surface area contributed by atoms with Gasteiger partial charge in [0.15, 0.2) is 0 Å². The van der Waals surface area contributed by atoms with E-state index in [1.54, 1.807) is 0 Å². The largest absolute Gasteiger partial charge is 1.00 e. The van der Waals surface area contributed by atoms with Crippen LogP contribution in [0, 0.1) is 6.92 Å². The van der Waals surface area contributed by atoms with Gasteiger partial charge in [0.05, 0.1) is 0 Å². The average molecular weight is 419 g/mol. The molecule has 158 valence electrons. The first-order chi connectivity index (χ1) is 10.5. The fraction of sp³-hybridized carbons (Fsp3) is 0.950. The predicted molar refractivity (Wildman–Crippen MR) is 129 cm³/mol. The Morgan fingerprint density at radius 3 is 1.31 bits per heavy atom. The maximum atomic E-state index is 5.67. The van der Waals surface area contributed by atoms with Crippen molar-refractivity contribution < 1.29 is 18.9 Å². The van der Waals surface area contributed by atoms with E-state index in [1.807, 2.05) is 0 Å². The van der Waals surface area contributed by atoms with Gasteiger partial charge in [-0.2, -0.15) is 17.5 Å². The molecule has 0 atom stereocenters. The second-order valence-corrected chi connectivity index (χ2v) is 20.8. The standard InChI is InChI=1S/C7H17NSi.C4H9N.C4H9.C3H9ClSi.2CH4.Li/c1-9(2,3)8-6-4-5-7-8;1-2-4-5-3-1;1-3-4-2;1-5(2,3)4;;;/h4-7H2,1-3H3;5H,1-4H2;1,3-4H2,2H3;1-3H3;2*1H4;/q;;-1;;;;+1. The Hall–Kier alpha value is 1.24. The molecule has 0 amide bonds. The van der Waals surface area contributed by atoms with E-state index in [1.165, 1.54) is 58.3 Å². The zero-order chi connectivity index (χ0) is 18.4. The Kier molecular flexibility index (Phi) is 32.9. The smallest absolute Gasteiger partial charge is 0.343 e. The molecule has 2 rings (SSSR count). The van der Waals surface area contributed by atoms with Crippen LogP contribution in [0.3, 0.4) is 0 Å². The number of halogens is 1. The van der Waals surface area contributed by atoms with Crippen molar-refractivity contribution in [1.82, 2.24) is 9.88 Å². The van der Waals surface area contributed by atoms with Gasteiger partial charge in [0.1, 0.15) is 15.6 Å². The molecule has 2 fully saturated rings. The summed E-state index contributed by atoms with van der Waals surface area (Å²) in [5.74, 6) is 0. The van der Waals surface area contributed by atoms with Gasteiger partial charge in [-0.15, -0.1) is 0 Å². The Labute approximate surface area is 187 Å². The van der Waals surface area contributed by atoms with Crippen LogP contribution in [0.4, 0.5) is 0 Å². The van der Waals surface area contributed by atoms with Crippen molar-refractivity contribution in [2.45, 2.75) is 99.6 Å². The first-order valence-electron chi connectivity index (χ1n) is 9.46. The number of hydrogen-bond donors (Lipinski definition) is 1. The minimum atomic E-state index is -1.14. The van der Waals surface area contributed by atoms with Crippen molar-refractivity contribution in [2.24, 2.45) is 0 Å². The summed E-state index contributed by atoms with van der Waals surface area (Å²) in [6, 6.07) is 0. The van der Waals surface area contributed by atoms with Crippen LogP contribution in [-0.2, 0) is 0 Å². The summed E-state index contributed by atoms with van der Waals surface area (Å²) in [6.07, 6.45) is 7.93. The van der Waals surface area contributed by atoms with Crippen LogP contribution in [0.25, 0.3) is 0 Å². The first-order valence-corrected chi connectivity index (χ1v) is 17.4. The second-order valence-electron chi connectivity index (χ2n) is 8.24. The molecule has 0 unspecified atom stereocenters. The van der Waals surface area contributed by atoms with Gasteiger partial charge in [-0.05, 0) is 51.9 Å². The monoisotopic (exact) mass is 418 g/mol. The number of nitrogens with zero attached hydrogens (tertiary/aromatic N) is 1. The molecule has 2 aliphatic heterocycles. The van der Waals surface area contributed by atoms with E-state index < -0.39 is 15.6 Å². The molecule has 0 radical (unpaired) electrons. The number of unbranched alkanes of at least 4 members (excludes halogenated alkanes) is 1. The van der Waals surface area contributed by atoms with Crippen LogP contribution < -0.4 is 24.2 Å². The molecule has 2 saturated heterocycles. The summed E-state index contributed by atoms with van der Waals surface area (Å²) in [7, 11) is -2.03. The quantitative estimate of drug-likeness (QED) is 0.409. The average Bonchev–Trinajstić information content (AvgIpc) is 3.11. The van der Waals surface area contributed by atoms with Crippen molar-refractivity contribution in [3.63, 3.8) is 0 Å². The van der Waals surface area contributed by atoms with Crippen molar-refractivity contribution in [2.75, 3.05) is 26.2 Å². The van der Waals surface area contributed by atoms with E-state index >= 15 is 0 Å². The van der Waals surface area contributed by atoms with E-state index in [2.05, 4.69) is 63.0 Å². The fourth-order valence-corrected chi connectivity index (χ4v) is 3.67. The third-order valence-electron chi connectivity index (χ3n) is 3.37. The van der Waals surface area contributed by atoms with E-state index in [0.717, 1.165) is 6.42 Å². The van der Waals surface area contributed by atoms with E-state index in [4.69, 9.17) is 11.1 Å². The topological polar surface area (TPSA) is 15.3 Å². The molecule has 1 N–H and O–H groups in total. The van der Waals surface area contributed by atoms with Gasteiger partial charge in [0.25, 0.3) is 0 Å². The summed E-state index contributed by atoms with van der Waals surface area (Å²) in [5, 5.41) is 3.22. The molecule has 6 heteroatoms. The maximum Gasteiger partial charge on any atom is 1.00 e. The Bertz CT molecular complexity index is 232. The van der Waals surface area contributed by atoms with Crippen LogP contribution >= 0.6 is 11.1 Å². The van der Waals surface area contributed by atoms with Crippen LogP contribution in [0.2, 0.25) is 39.3 Å². The molecule has 2 heterocycles. The molecule has 0 saturated carbocycles. The Balaban J connectivity index is -0.0000000766. The SMILES string of the molecule is C.C.C1CCNC1.C[Si](C)(C)Cl.C[Si](C)(C)N1CCCC1.[CH2-]CCC.[Li+]. The number of rotatable bonds is 2. The fourth-order valence-electron chi connectivity index (χ4n) is 2.01. The summed E-state index contributed by atoms with van der Waals surface area (Å²) < 4.78 is 2.69. The van der Waals surface area contributed by atoms with E-state index in [9.17, 15) is 0 Å². The van der Waals surface area contributed by atoms with E-state index in [-0.39, 0.29) is 33.7 Å². The van der Waals surface area contributed by atoms with Gasteiger partial charge in [-0.3, -0.25) is 0 Å². The molecular formula is C20H52ClLiN2Si2. The zero-order valence-corrected chi connectivity index (χ0v) is 20.9. The summed E-state index contributed by atoms with van der Waals surface area (Å²) >= 11 is 5.67. The van der Waals surface area contributed by atoms with Gasteiger partial charge in [-0.25, -0.2) is 0 Å². The van der Waals surface area contributed by atoms with Crippen LogP contribution in [0.5, 0.6) is 0 Å². The zero-order valence-electron chi connectivity index (χ0n) is 18.1. The molecule has 26 heavy (non-hydrogen) atoms. The summed E-state index contributed by atoms with van der Waals surface area (Å²) in [4.78, 5) is 0. The normalized spacial score (nSPS) is 16.0. The Morgan fingerprint density at radius 2 is 1.19 bits per heavy atom. The van der Waals surface area contributed by atoms with Crippen molar-refractivity contribution in [1.29, 1.82) is 0 Å². The summed E-state index contributed by atoms with van der Waals surface area (Å²) in [6.45, 7) is 24.5. The molecule has 2 aliphatic rings. The Morgan fingerprint density at radius 1 is 0.885 bits per heavy atom. The van der Waals surface area contributed by atoms with Gasteiger partial charge < -0.3 is 16.8 Å². The van der Waals surface area contributed by atoms with Gasteiger partial charge >= 0.3 is 18.9 Å². The van der Waals surface area contributed by atoms with E-state index in [0.29, 0.717) is 0 Å². The minimum absolute atomic E-state index is 0. The van der Waals surface area contributed by atoms with Crippen molar-refractivity contribution in [3.8, 4) is 0 Å². The van der Waals surface area contributed by atoms with Gasteiger partial charge in [-0.1, -0.05) is 67.5 Å². The molecule has 0 aromatic rings. The number of hydrogen-bond acceptors (Lipinski definition) is 2. The van der Waals surface area contributed by atoms with Crippen molar-refractivity contribution in [3.05, 3.63) is 6.92 Å². The maximum absolute atomic E-state index is 5.67. The molecule has 0 aromatic carbocycles. The van der Waals surface area contributed by atoms with Crippen molar-refractivity contribution >= 4 is 26.7 Å². The molecule has 0 aromatic heterocycles. The third kappa shape index (κ3) is 36.2. The molecular weight excluding hydrogens is 367 g/mol. The summed E-state index contributed by atoms with van der Waals surface area (Å²) in [5.41, 5.74) is 0. The van der Waals surface area contributed by atoms with Crippen LogP contribution in [-0.4, -0.2) is 46.4 Å². The molecule has 0 bridgehead atoms. The van der Waals surface area contributed by atoms with Crippen LogP contribution in [0.15, 0.2) is 0 Å².